The van der Waals surface area contributed by atoms with Crippen LogP contribution in [0.1, 0.15) is 28.2 Å². The van der Waals surface area contributed by atoms with E-state index in [2.05, 4.69) is 9.55 Å². The third-order valence-corrected chi connectivity index (χ3v) is 4.47. The van der Waals surface area contributed by atoms with Crippen LogP contribution in [-0.4, -0.2) is 27.0 Å². The normalized spacial score (nSPS) is 11.1. The fourth-order valence-electron chi connectivity index (χ4n) is 2.62. The summed E-state index contributed by atoms with van der Waals surface area (Å²) in [6.07, 6.45) is 5.69. The molecular formula is C17H18N2O2S. The molecule has 0 radical (unpaired) electrons. The molecule has 114 valence electrons. The number of para-hydroxylation sites is 1. The van der Waals surface area contributed by atoms with Gasteiger partial charge in [-0.2, -0.15) is 0 Å². The van der Waals surface area contributed by atoms with E-state index in [1.165, 1.54) is 11.3 Å². The van der Waals surface area contributed by atoms with E-state index >= 15 is 0 Å². The molecule has 2 heterocycles. The standard InChI is InChI=1S/C17H18N2O2S/c20-9-4-3-8-19-12-14(13-5-1-2-6-15(13)19)16(21)11-17-18-7-10-22-17/h1-2,5-7,10,12,20H,3-4,8-9,11H2. The van der Waals surface area contributed by atoms with Crippen LogP contribution in [0.15, 0.2) is 42.0 Å². The number of aryl methyl sites for hydroxylation is 1. The molecule has 4 nitrogen and oxygen atoms in total. The number of nitrogens with zero attached hydrogens (tertiary/aromatic N) is 2. The van der Waals surface area contributed by atoms with Crippen molar-refractivity contribution in [1.82, 2.24) is 9.55 Å². The zero-order valence-electron chi connectivity index (χ0n) is 12.2. The van der Waals surface area contributed by atoms with Crippen molar-refractivity contribution >= 4 is 28.0 Å². The Morgan fingerprint density at radius 3 is 2.91 bits per heavy atom. The van der Waals surface area contributed by atoms with Gasteiger partial charge in [-0.05, 0) is 18.9 Å². The molecule has 0 atom stereocenters. The Bertz CT molecular complexity index is 762. The van der Waals surface area contributed by atoms with E-state index in [-0.39, 0.29) is 12.4 Å². The van der Waals surface area contributed by atoms with Crippen molar-refractivity contribution in [2.45, 2.75) is 25.8 Å². The van der Waals surface area contributed by atoms with Gasteiger partial charge in [0.15, 0.2) is 5.78 Å². The minimum Gasteiger partial charge on any atom is -0.396 e. The van der Waals surface area contributed by atoms with Crippen LogP contribution in [0.5, 0.6) is 0 Å². The van der Waals surface area contributed by atoms with Crippen LogP contribution >= 0.6 is 11.3 Å². The van der Waals surface area contributed by atoms with E-state index in [0.717, 1.165) is 40.9 Å². The molecule has 0 spiro atoms. The number of ketones is 1. The second kappa shape index (κ2) is 6.85. The Morgan fingerprint density at radius 2 is 2.14 bits per heavy atom. The Balaban J connectivity index is 1.90. The summed E-state index contributed by atoms with van der Waals surface area (Å²) >= 11 is 1.51. The average Bonchev–Trinajstić information content (AvgIpc) is 3.16. The molecule has 0 fully saturated rings. The first-order valence-electron chi connectivity index (χ1n) is 7.40. The van der Waals surface area contributed by atoms with Gasteiger partial charge in [0.25, 0.3) is 0 Å². The van der Waals surface area contributed by atoms with Crippen molar-refractivity contribution in [2.75, 3.05) is 6.61 Å². The van der Waals surface area contributed by atoms with Crippen LogP contribution in [0, 0.1) is 0 Å². The first-order chi connectivity index (χ1) is 10.8. The maximum absolute atomic E-state index is 12.6. The van der Waals surface area contributed by atoms with Gasteiger partial charge in [-0.3, -0.25) is 4.79 Å². The van der Waals surface area contributed by atoms with Crippen molar-refractivity contribution < 1.29 is 9.90 Å². The first kappa shape index (κ1) is 14.9. The number of benzene rings is 1. The minimum atomic E-state index is 0.104. The number of aliphatic hydroxyl groups excluding tert-OH is 1. The number of hydrogen-bond donors (Lipinski definition) is 1. The van der Waals surface area contributed by atoms with Crippen LogP contribution < -0.4 is 0 Å². The highest BCUT2D eigenvalue weighted by molar-refractivity contribution is 7.09. The van der Waals surface area contributed by atoms with Gasteiger partial charge < -0.3 is 9.67 Å². The van der Waals surface area contributed by atoms with Crippen LogP contribution in [0.4, 0.5) is 0 Å². The molecule has 0 aliphatic carbocycles. The minimum absolute atomic E-state index is 0.104. The van der Waals surface area contributed by atoms with Crippen molar-refractivity contribution in [3.63, 3.8) is 0 Å². The lowest BCUT2D eigenvalue weighted by Gasteiger charge is -2.03. The summed E-state index contributed by atoms with van der Waals surface area (Å²) in [5.74, 6) is 0.104. The summed E-state index contributed by atoms with van der Waals surface area (Å²) in [6.45, 7) is 1.01. The molecule has 0 unspecified atom stereocenters. The molecule has 1 N–H and O–H groups in total. The molecule has 3 rings (SSSR count). The summed E-state index contributed by atoms with van der Waals surface area (Å²) in [4.78, 5) is 16.8. The van der Waals surface area contributed by atoms with Crippen molar-refractivity contribution in [1.29, 1.82) is 0 Å². The maximum Gasteiger partial charge on any atom is 0.171 e. The fourth-order valence-corrected chi connectivity index (χ4v) is 3.24. The second-order valence-electron chi connectivity index (χ2n) is 5.21. The lowest BCUT2D eigenvalue weighted by atomic mass is 10.1. The van der Waals surface area contributed by atoms with E-state index in [9.17, 15) is 4.79 Å². The summed E-state index contributed by atoms with van der Waals surface area (Å²) in [5, 5.41) is 12.7. The largest absolute Gasteiger partial charge is 0.396 e. The Hall–Kier alpha value is -1.98. The van der Waals surface area contributed by atoms with Crippen molar-refractivity contribution in [3.05, 3.63) is 52.6 Å². The molecular weight excluding hydrogens is 296 g/mol. The van der Waals surface area contributed by atoms with E-state index in [1.807, 2.05) is 35.8 Å². The SMILES string of the molecule is O=C(Cc1nccs1)c1cn(CCCCO)c2ccccc12. The number of unbranched alkanes of at least 4 members (excludes halogenated alkanes) is 1. The molecule has 0 saturated heterocycles. The maximum atomic E-state index is 12.6. The number of rotatable bonds is 7. The zero-order chi connectivity index (χ0) is 15.4. The summed E-state index contributed by atoms with van der Waals surface area (Å²) in [7, 11) is 0. The van der Waals surface area contributed by atoms with Crippen LogP contribution in [0.25, 0.3) is 10.9 Å². The van der Waals surface area contributed by atoms with Crippen LogP contribution in [-0.2, 0) is 13.0 Å². The van der Waals surface area contributed by atoms with Gasteiger partial charge >= 0.3 is 0 Å². The molecule has 3 aromatic rings. The molecule has 5 heteroatoms. The number of carbonyl (C=O) groups is 1. The molecule has 1 aromatic carbocycles. The Labute approximate surface area is 133 Å². The topological polar surface area (TPSA) is 55.1 Å². The lowest BCUT2D eigenvalue weighted by molar-refractivity contribution is 0.0994. The number of aliphatic hydroxyl groups is 1. The number of hydrogen-bond acceptors (Lipinski definition) is 4. The predicted octanol–water partition coefficient (Wildman–Crippen LogP) is 3.30. The second-order valence-corrected chi connectivity index (χ2v) is 6.19. The highest BCUT2D eigenvalue weighted by Gasteiger charge is 2.16. The first-order valence-corrected chi connectivity index (χ1v) is 8.28. The molecule has 2 aromatic heterocycles. The summed E-state index contributed by atoms with van der Waals surface area (Å²) < 4.78 is 2.11. The Kier molecular flexibility index (Phi) is 4.65. The summed E-state index contributed by atoms with van der Waals surface area (Å²) in [6, 6.07) is 7.97. The molecule has 22 heavy (non-hydrogen) atoms. The third kappa shape index (κ3) is 3.10. The smallest absolute Gasteiger partial charge is 0.171 e. The predicted molar refractivity (Wildman–Crippen MR) is 88.4 cm³/mol. The van der Waals surface area contributed by atoms with Gasteiger partial charge in [0.1, 0.15) is 5.01 Å². The number of aromatic nitrogens is 2. The third-order valence-electron chi connectivity index (χ3n) is 3.69. The van der Waals surface area contributed by atoms with E-state index < -0.39 is 0 Å². The highest BCUT2D eigenvalue weighted by atomic mass is 32.1. The average molecular weight is 314 g/mol. The van der Waals surface area contributed by atoms with Gasteiger partial charge in [-0.15, -0.1) is 11.3 Å². The van der Waals surface area contributed by atoms with Crippen LogP contribution in [0.2, 0.25) is 0 Å². The van der Waals surface area contributed by atoms with E-state index in [4.69, 9.17) is 5.11 Å². The number of fused-ring (bicyclic) bond motifs is 1. The number of thiazole rings is 1. The van der Waals surface area contributed by atoms with Gasteiger partial charge in [0.2, 0.25) is 0 Å². The highest BCUT2D eigenvalue weighted by Crippen LogP contribution is 2.23. The van der Waals surface area contributed by atoms with Gasteiger partial charge in [0, 0.05) is 47.4 Å². The molecule has 0 saturated carbocycles. The number of Topliss-reactive ketones (excluding diaryl/α,β-unsaturated/α-hetero) is 1. The van der Waals surface area contributed by atoms with Crippen molar-refractivity contribution in [3.8, 4) is 0 Å². The lowest BCUT2D eigenvalue weighted by Crippen LogP contribution is -2.03. The van der Waals surface area contributed by atoms with Gasteiger partial charge in [-0.25, -0.2) is 4.98 Å². The number of carbonyl (C=O) groups excluding carboxylic acids is 1. The van der Waals surface area contributed by atoms with E-state index in [0.29, 0.717) is 6.42 Å². The molecule has 0 bridgehead atoms. The molecule has 0 aliphatic heterocycles. The van der Waals surface area contributed by atoms with Gasteiger partial charge in [0.05, 0.1) is 6.42 Å². The molecule has 0 amide bonds. The van der Waals surface area contributed by atoms with Crippen molar-refractivity contribution in [2.24, 2.45) is 0 Å². The van der Waals surface area contributed by atoms with Crippen LogP contribution in [0.3, 0.4) is 0 Å². The quantitative estimate of drug-likeness (QED) is 0.538. The Morgan fingerprint density at radius 1 is 1.27 bits per heavy atom. The monoisotopic (exact) mass is 314 g/mol. The van der Waals surface area contributed by atoms with Gasteiger partial charge in [-0.1, -0.05) is 18.2 Å². The fraction of sp³-hybridized carbons (Fsp3) is 0.294. The summed E-state index contributed by atoms with van der Waals surface area (Å²) in [5.41, 5.74) is 1.83. The van der Waals surface area contributed by atoms with E-state index in [1.54, 1.807) is 6.20 Å². The zero-order valence-corrected chi connectivity index (χ0v) is 13.1. The molecule has 0 aliphatic rings.